The number of thiophene rings is 1. The van der Waals surface area contributed by atoms with Crippen LogP contribution in [0.5, 0.6) is 0 Å². The molecular weight excluding hydrogens is 317 g/mol. The van der Waals surface area contributed by atoms with E-state index >= 15 is 0 Å². The number of carboxylic acids is 1. The zero-order chi connectivity index (χ0) is 15.6. The minimum Gasteiger partial charge on any atom is -0.478 e. The molecule has 1 atom stereocenters. The summed E-state index contributed by atoms with van der Waals surface area (Å²) in [5.74, 6) is -2.42. The predicted molar refractivity (Wildman–Crippen MR) is 76.4 cm³/mol. The van der Waals surface area contributed by atoms with Crippen molar-refractivity contribution in [2.75, 3.05) is 0 Å². The Morgan fingerprint density at radius 1 is 1.38 bits per heavy atom. The lowest BCUT2D eigenvalue weighted by molar-refractivity contribution is 0.0696. The van der Waals surface area contributed by atoms with Gasteiger partial charge in [0.25, 0.3) is 0 Å². The molecule has 0 unspecified atom stereocenters. The zero-order valence-corrected chi connectivity index (χ0v) is 12.5. The first-order chi connectivity index (χ1) is 9.81. The second-order valence-corrected chi connectivity index (χ2v) is 6.97. The van der Waals surface area contributed by atoms with Gasteiger partial charge in [0.2, 0.25) is 10.0 Å². The summed E-state index contributed by atoms with van der Waals surface area (Å²) in [7, 11) is -4.07. The molecular formula is C13H12FNO4S2. The van der Waals surface area contributed by atoms with E-state index in [1.807, 2.05) is 5.38 Å². The molecule has 8 heteroatoms. The van der Waals surface area contributed by atoms with Gasteiger partial charge >= 0.3 is 5.97 Å². The first kappa shape index (κ1) is 15.6. The van der Waals surface area contributed by atoms with Crippen LogP contribution in [0.3, 0.4) is 0 Å². The van der Waals surface area contributed by atoms with Gasteiger partial charge in [0.15, 0.2) is 0 Å². The molecule has 2 rings (SSSR count). The largest absolute Gasteiger partial charge is 0.478 e. The molecule has 0 fully saturated rings. The maximum atomic E-state index is 13.8. The lowest BCUT2D eigenvalue weighted by Gasteiger charge is -2.13. The quantitative estimate of drug-likeness (QED) is 0.883. The Kier molecular flexibility index (Phi) is 4.40. The van der Waals surface area contributed by atoms with Gasteiger partial charge in [-0.1, -0.05) is 6.07 Å². The number of nitrogens with one attached hydrogen (secondary N) is 1. The molecule has 0 saturated heterocycles. The van der Waals surface area contributed by atoms with Crippen LogP contribution in [0.25, 0.3) is 0 Å². The fourth-order valence-electron chi connectivity index (χ4n) is 1.74. The number of sulfonamides is 1. The van der Waals surface area contributed by atoms with Crippen LogP contribution >= 0.6 is 11.3 Å². The first-order valence-electron chi connectivity index (χ1n) is 5.90. The van der Waals surface area contributed by atoms with E-state index in [-0.39, 0.29) is 5.56 Å². The Bertz CT molecular complexity index is 756. The van der Waals surface area contributed by atoms with Crippen LogP contribution in [0.4, 0.5) is 4.39 Å². The summed E-state index contributed by atoms with van der Waals surface area (Å²) in [5, 5.41) is 10.6. The molecule has 0 aliphatic heterocycles. The van der Waals surface area contributed by atoms with Crippen molar-refractivity contribution in [3.05, 3.63) is 52.0 Å². The van der Waals surface area contributed by atoms with Crippen molar-refractivity contribution in [2.24, 2.45) is 0 Å². The highest BCUT2D eigenvalue weighted by atomic mass is 32.2. The van der Waals surface area contributed by atoms with Gasteiger partial charge in [0.1, 0.15) is 10.7 Å². The van der Waals surface area contributed by atoms with E-state index < -0.39 is 32.7 Å². The minimum atomic E-state index is -4.07. The summed E-state index contributed by atoms with van der Waals surface area (Å²) in [6.45, 7) is 1.65. The zero-order valence-electron chi connectivity index (χ0n) is 10.9. The third-order valence-corrected chi connectivity index (χ3v) is 5.40. The molecule has 0 aliphatic carbocycles. The Hall–Kier alpha value is -1.77. The van der Waals surface area contributed by atoms with Gasteiger partial charge in [-0.3, -0.25) is 0 Å². The van der Waals surface area contributed by atoms with Crippen LogP contribution < -0.4 is 4.72 Å². The van der Waals surface area contributed by atoms with Crippen molar-refractivity contribution >= 4 is 27.3 Å². The van der Waals surface area contributed by atoms with Crippen LogP contribution in [-0.2, 0) is 10.0 Å². The molecule has 0 amide bonds. The summed E-state index contributed by atoms with van der Waals surface area (Å²) < 4.78 is 40.5. The van der Waals surface area contributed by atoms with Gasteiger partial charge in [-0.15, -0.1) is 11.3 Å². The van der Waals surface area contributed by atoms with Crippen molar-refractivity contribution in [1.29, 1.82) is 0 Å². The van der Waals surface area contributed by atoms with E-state index in [0.717, 1.165) is 17.0 Å². The van der Waals surface area contributed by atoms with Gasteiger partial charge in [-0.2, -0.15) is 0 Å². The summed E-state index contributed by atoms with van der Waals surface area (Å²) >= 11 is 1.38. The maximum Gasteiger partial charge on any atom is 0.335 e. The second-order valence-electron chi connectivity index (χ2n) is 4.31. The molecule has 1 aromatic carbocycles. The lowest BCUT2D eigenvalue weighted by Crippen LogP contribution is -2.27. The normalized spacial score (nSPS) is 13.0. The van der Waals surface area contributed by atoms with Crippen LogP contribution in [-0.4, -0.2) is 19.5 Å². The molecule has 1 heterocycles. The number of hydrogen-bond donors (Lipinski definition) is 2. The first-order valence-corrected chi connectivity index (χ1v) is 8.26. The smallest absolute Gasteiger partial charge is 0.335 e. The van der Waals surface area contributed by atoms with E-state index in [1.165, 1.54) is 11.3 Å². The molecule has 5 nitrogen and oxygen atoms in total. The van der Waals surface area contributed by atoms with E-state index in [9.17, 15) is 17.6 Å². The maximum absolute atomic E-state index is 13.8. The summed E-state index contributed by atoms with van der Waals surface area (Å²) in [5.41, 5.74) is -0.308. The molecule has 0 spiro atoms. The Labute approximate surface area is 125 Å². The standard InChI is InChI=1S/C13H12FNO4S2/c1-8(11-3-2-6-20-11)15-21(18,19)12-5-4-9(13(16)17)7-10(12)14/h2-8,15H,1H3,(H,16,17)/t8-/m1/s1. The van der Waals surface area contributed by atoms with Crippen molar-refractivity contribution in [1.82, 2.24) is 4.72 Å². The van der Waals surface area contributed by atoms with Gasteiger partial charge in [-0.25, -0.2) is 22.3 Å². The van der Waals surface area contributed by atoms with E-state index in [2.05, 4.69) is 4.72 Å². The van der Waals surface area contributed by atoms with E-state index in [0.29, 0.717) is 6.07 Å². The highest BCUT2D eigenvalue weighted by molar-refractivity contribution is 7.89. The number of carbonyl (C=O) groups is 1. The molecule has 1 aromatic heterocycles. The fourth-order valence-corrected chi connectivity index (χ4v) is 3.84. The average Bonchev–Trinajstić information content (AvgIpc) is 2.91. The second kappa shape index (κ2) is 5.92. The van der Waals surface area contributed by atoms with Crippen molar-refractivity contribution < 1.29 is 22.7 Å². The molecule has 0 radical (unpaired) electrons. The highest BCUT2D eigenvalue weighted by Crippen LogP contribution is 2.22. The van der Waals surface area contributed by atoms with Crippen molar-refractivity contribution in [2.45, 2.75) is 17.9 Å². The van der Waals surface area contributed by atoms with Gasteiger partial charge in [0, 0.05) is 4.88 Å². The summed E-state index contributed by atoms with van der Waals surface area (Å²) in [4.78, 5) is 10.9. The fraction of sp³-hybridized carbons (Fsp3) is 0.154. The summed E-state index contributed by atoms with van der Waals surface area (Å²) in [6, 6.07) is 5.73. The van der Waals surface area contributed by atoms with Gasteiger partial charge in [-0.05, 0) is 36.6 Å². The van der Waals surface area contributed by atoms with Crippen LogP contribution in [0.15, 0.2) is 40.6 Å². The number of halogens is 1. The molecule has 0 bridgehead atoms. The molecule has 112 valence electrons. The summed E-state index contributed by atoms with van der Waals surface area (Å²) in [6.07, 6.45) is 0. The predicted octanol–water partition coefficient (Wildman–Crippen LogP) is 2.62. The number of hydrogen-bond acceptors (Lipinski definition) is 4. The van der Waals surface area contributed by atoms with Gasteiger partial charge in [0.05, 0.1) is 11.6 Å². The molecule has 0 aliphatic rings. The minimum absolute atomic E-state index is 0.308. The van der Waals surface area contributed by atoms with Crippen molar-refractivity contribution in [3.63, 3.8) is 0 Å². The SMILES string of the molecule is C[C@@H](NS(=O)(=O)c1ccc(C(=O)O)cc1F)c1cccs1. The highest BCUT2D eigenvalue weighted by Gasteiger charge is 2.23. The van der Waals surface area contributed by atoms with E-state index in [4.69, 9.17) is 5.11 Å². The van der Waals surface area contributed by atoms with Crippen LogP contribution in [0.2, 0.25) is 0 Å². The number of rotatable bonds is 5. The molecule has 2 N–H and O–H groups in total. The number of benzene rings is 1. The third kappa shape index (κ3) is 3.46. The van der Waals surface area contributed by atoms with Crippen LogP contribution in [0.1, 0.15) is 28.2 Å². The topological polar surface area (TPSA) is 83.5 Å². The monoisotopic (exact) mass is 329 g/mol. The average molecular weight is 329 g/mol. The van der Waals surface area contributed by atoms with Gasteiger partial charge < -0.3 is 5.11 Å². The van der Waals surface area contributed by atoms with Crippen molar-refractivity contribution in [3.8, 4) is 0 Å². The molecule has 0 saturated carbocycles. The third-order valence-electron chi connectivity index (χ3n) is 2.77. The molecule has 2 aromatic rings. The molecule has 21 heavy (non-hydrogen) atoms. The van der Waals surface area contributed by atoms with Crippen LogP contribution in [0, 0.1) is 5.82 Å². The Morgan fingerprint density at radius 2 is 2.10 bits per heavy atom. The lowest BCUT2D eigenvalue weighted by atomic mass is 10.2. The Balaban J connectivity index is 2.29. The Morgan fingerprint density at radius 3 is 2.62 bits per heavy atom. The number of aromatic carboxylic acids is 1. The van der Waals surface area contributed by atoms with E-state index in [1.54, 1.807) is 19.1 Å². The number of carboxylic acid groups (broad SMARTS) is 1.